The highest BCUT2D eigenvalue weighted by atomic mass is 79.9. The van der Waals surface area contributed by atoms with Gasteiger partial charge in [-0.2, -0.15) is 0 Å². The zero-order valence-electron chi connectivity index (χ0n) is 12.6. The number of nitrogens with one attached hydrogen (secondary N) is 1. The Morgan fingerprint density at radius 1 is 0.958 bits per heavy atom. The fraction of sp³-hybridized carbons (Fsp3) is 0.0588. The summed E-state index contributed by atoms with van der Waals surface area (Å²) in [5.41, 5.74) is 1.68. The number of benzene rings is 2. The standard InChI is InChI=1S/C17H12BrN3O3/c1-10(22)11-2-4-12(5-3-11)15(23)19-17-21-20-16(24-17)13-6-8-14(18)9-7-13/h2-9H,1H3,(H,19,21,23). The zero-order chi connectivity index (χ0) is 17.1. The third-order valence-corrected chi connectivity index (χ3v) is 3.82. The van der Waals surface area contributed by atoms with E-state index in [-0.39, 0.29) is 11.8 Å². The first-order valence-corrected chi connectivity index (χ1v) is 7.84. The lowest BCUT2D eigenvalue weighted by Gasteiger charge is -2.01. The second kappa shape index (κ2) is 6.76. The Morgan fingerprint density at radius 3 is 2.21 bits per heavy atom. The van der Waals surface area contributed by atoms with Crippen molar-refractivity contribution in [3.05, 3.63) is 64.1 Å². The lowest BCUT2D eigenvalue weighted by Crippen LogP contribution is -2.12. The summed E-state index contributed by atoms with van der Waals surface area (Å²) in [6.07, 6.45) is 0. The van der Waals surface area contributed by atoms with Gasteiger partial charge in [-0.25, -0.2) is 0 Å². The zero-order valence-corrected chi connectivity index (χ0v) is 14.2. The average molecular weight is 386 g/mol. The summed E-state index contributed by atoms with van der Waals surface area (Å²) in [5, 5.41) is 10.3. The van der Waals surface area contributed by atoms with E-state index in [0.29, 0.717) is 17.0 Å². The van der Waals surface area contributed by atoms with Gasteiger partial charge in [-0.05, 0) is 43.3 Å². The van der Waals surface area contributed by atoms with Crippen molar-refractivity contribution in [2.24, 2.45) is 0 Å². The number of ketones is 1. The molecule has 7 heteroatoms. The first-order valence-electron chi connectivity index (χ1n) is 7.05. The van der Waals surface area contributed by atoms with Crippen LogP contribution in [-0.2, 0) is 0 Å². The monoisotopic (exact) mass is 385 g/mol. The number of amides is 1. The Bertz CT molecular complexity index is 886. The van der Waals surface area contributed by atoms with Crippen molar-refractivity contribution in [3.8, 4) is 11.5 Å². The smallest absolute Gasteiger partial charge is 0.322 e. The van der Waals surface area contributed by atoms with Crippen LogP contribution < -0.4 is 5.32 Å². The van der Waals surface area contributed by atoms with Crippen molar-refractivity contribution in [3.63, 3.8) is 0 Å². The van der Waals surface area contributed by atoms with Gasteiger partial charge in [0, 0.05) is 21.2 Å². The number of hydrogen-bond acceptors (Lipinski definition) is 5. The maximum atomic E-state index is 12.2. The molecule has 3 aromatic rings. The van der Waals surface area contributed by atoms with E-state index in [0.717, 1.165) is 10.0 Å². The van der Waals surface area contributed by atoms with Crippen LogP contribution in [0, 0.1) is 0 Å². The number of aromatic nitrogens is 2. The van der Waals surface area contributed by atoms with Gasteiger partial charge in [0.2, 0.25) is 5.89 Å². The number of carbonyl (C=O) groups excluding carboxylic acids is 2. The molecule has 0 aliphatic rings. The molecular formula is C17H12BrN3O3. The summed E-state index contributed by atoms with van der Waals surface area (Å²) in [7, 11) is 0. The molecule has 1 amide bonds. The maximum absolute atomic E-state index is 12.2. The number of hydrogen-bond donors (Lipinski definition) is 1. The van der Waals surface area contributed by atoms with E-state index >= 15 is 0 Å². The first kappa shape index (κ1) is 16.1. The van der Waals surface area contributed by atoms with Crippen LogP contribution in [0.25, 0.3) is 11.5 Å². The Balaban J connectivity index is 1.73. The van der Waals surface area contributed by atoms with E-state index < -0.39 is 5.91 Å². The van der Waals surface area contributed by atoms with E-state index in [2.05, 4.69) is 31.4 Å². The topological polar surface area (TPSA) is 85.1 Å². The largest absolute Gasteiger partial charge is 0.403 e. The second-order valence-electron chi connectivity index (χ2n) is 5.01. The summed E-state index contributed by atoms with van der Waals surface area (Å²) in [5.74, 6) is -0.140. The molecular weight excluding hydrogens is 374 g/mol. The van der Waals surface area contributed by atoms with Gasteiger partial charge < -0.3 is 4.42 Å². The van der Waals surface area contributed by atoms with Gasteiger partial charge in [-0.15, -0.1) is 5.10 Å². The number of carbonyl (C=O) groups is 2. The van der Waals surface area contributed by atoms with Crippen molar-refractivity contribution >= 4 is 33.6 Å². The predicted molar refractivity (Wildman–Crippen MR) is 91.8 cm³/mol. The second-order valence-corrected chi connectivity index (χ2v) is 5.92. The van der Waals surface area contributed by atoms with Gasteiger partial charge in [0.1, 0.15) is 0 Å². The summed E-state index contributed by atoms with van der Waals surface area (Å²) in [6.45, 7) is 1.47. The molecule has 0 aliphatic carbocycles. The van der Waals surface area contributed by atoms with Gasteiger partial charge in [-0.3, -0.25) is 14.9 Å². The van der Waals surface area contributed by atoms with E-state index in [1.54, 1.807) is 24.3 Å². The SMILES string of the molecule is CC(=O)c1ccc(C(=O)Nc2nnc(-c3ccc(Br)cc3)o2)cc1. The van der Waals surface area contributed by atoms with Gasteiger partial charge in [0.25, 0.3) is 5.91 Å². The molecule has 24 heavy (non-hydrogen) atoms. The highest BCUT2D eigenvalue weighted by Gasteiger charge is 2.13. The van der Waals surface area contributed by atoms with Crippen molar-refractivity contribution in [1.82, 2.24) is 10.2 Å². The normalized spacial score (nSPS) is 10.4. The number of Topliss-reactive ketones (excluding diaryl/α,β-unsaturated/α-hetero) is 1. The fourth-order valence-electron chi connectivity index (χ4n) is 2.01. The van der Waals surface area contributed by atoms with Crippen molar-refractivity contribution < 1.29 is 14.0 Å². The van der Waals surface area contributed by atoms with Crippen LogP contribution >= 0.6 is 15.9 Å². The third-order valence-electron chi connectivity index (χ3n) is 3.29. The minimum atomic E-state index is -0.392. The molecule has 0 unspecified atom stereocenters. The van der Waals surface area contributed by atoms with Crippen LogP contribution in [0.15, 0.2) is 57.4 Å². The molecule has 2 aromatic carbocycles. The van der Waals surface area contributed by atoms with Crippen LogP contribution in [0.1, 0.15) is 27.6 Å². The van der Waals surface area contributed by atoms with Crippen molar-refractivity contribution in [2.45, 2.75) is 6.92 Å². The lowest BCUT2D eigenvalue weighted by molar-refractivity contribution is 0.100. The number of nitrogens with zero attached hydrogens (tertiary/aromatic N) is 2. The molecule has 1 heterocycles. The van der Waals surface area contributed by atoms with Gasteiger partial charge in [0.15, 0.2) is 5.78 Å². The molecule has 0 aliphatic heterocycles. The van der Waals surface area contributed by atoms with Gasteiger partial charge in [0.05, 0.1) is 0 Å². The fourth-order valence-corrected chi connectivity index (χ4v) is 2.27. The minimum Gasteiger partial charge on any atom is -0.403 e. The minimum absolute atomic E-state index is 0.00793. The van der Waals surface area contributed by atoms with E-state index in [1.807, 2.05) is 24.3 Å². The summed E-state index contributed by atoms with van der Waals surface area (Å²) in [6, 6.07) is 13.7. The van der Waals surface area contributed by atoms with E-state index in [9.17, 15) is 9.59 Å². The quantitative estimate of drug-likeness (QED) is 0.687. The van der Waals surface area contributed by atoms with Crippen molar-refractivity contribution in [2.75, 3.05) is 5.32 Å². The Labute approximate surface area is 146 Å². The molecule has 0 atom stereocenters. The number of anilines is 1. The molecule has 3 rings (SSSR count). The van der Waals surface area contributed by atoms with Crippen LogP contribution in [-0.4, -0.2) is 21.9 Å². The highest BCUT2D eigenvalue weighted by molar-refractivity contribution is 9.10. The summed E-state index contributed by atoms with van der Waals surface area (Å²) in [4.78, 5) is 23.4. The van der Waals surface area contributed by atoms with Gasteiger partial charge in [-0.1, -0.05) is 33.2 Å². The first-order chi connectivity index (χ1) is 11.5. The Kier molecular flexibility index (Phi) is 4.52. The molecule has 0 bridgehead atoms. The Hall–Kier alpha value is -2.80. The molecule has 120 valence electrons. The molecule has 0 spiro atoms. The molecule has 6 nitrogen and oxygen atoms in total. The van der Waals surface area contributed by atoms with Crippen molar-refractivity contribution in [1.29, 1.82) is 0 Å². The third kappa shape index (κ3) is 3.57. The molecule has 1 aromatic heterocycles. The van der Waals surface area contributed by atoms with E-state index in [4.69, 9.17) is 4.42 Å². The predicted octanol–water partition coefficient (Wildman–Crippen LogP) is 3.95. The lowest BCUT2D eigenvalue weighted by atomic mass is 10.1. The molecule has 0 fully saturated rings. The average Bonchev–Trinajstić information content (AvgIpc) is 3.04. The van der Waals surface area contributed by atoms with Crippen LogP contribution in [0.2, 0.25) is 0 Å². The molecule has 0 saturated carbocycles. The molecule has 0 saturated heterocycles. The summed E-state index contributed by atoms with van der Waals surface area (Å²) < 4.78 is 6.38. The van der Waals surface area contributed by atoms with Crippen LogP contribution in [0.3, 0.4) is 0 Å². The highest BCUT2D eigenvalue weighted by Crippen LogP contribution is 2.22. The van der Waals surface area contributed by atoms with Crippen LogP contribution in [0.5, 0.6) is 0 Å². The van der Waals surface area contributed by atoms with E-state index in [1.165, 1.54) is 6.92 Å². The van der Waals surface area contributed by atoms with Crippen LogP contribution in [0.4, 0.5) is 6.01 Å². The number of halogens is 1. The maximum Gasteiger partial charge on any atom is 0.322 e. The number of rotatable bonds is 4. The molecule has 0 radical (unpaired) electrons. The van der Waals surface area contributed by atoms with Gasteiger partial charge >= 0.3 is 6.01 Å². The molecule has 1 N–H and O–H groups in total. The Morgan fingerprint density at radius 2 is 1.58 bits per heavy atom. The summed E-state index contributed by atoms with van der Waals surface area (Å²) >= 11 is 3.35.